The number of carbonyl (C=O) groups excluding carboxylic acids is 1. The average molecular weight is 346 g/mol. The van der Waals surface area contributed by atoms with Crippen molar-refractivity contribution in [3.05, 3.63) is 33.6 Å². The van der Waals surface area contributed by atoms with E-state index in [0.717, 1.165) is 25.8 Å². The molecule has 0 saturated carbocycles. The molecule has 2 nitrogen and oxygen atoms in total. The summed E-state index contributed by atoms with van der Waals surface area (Å²) in [5.74, 6) is -0.686. The average Bonchev–Trinajstić information content (AvgIpc) is 2.90. The highest BCUT2D eigenvalue weighted by atomic mass is 35.5. The maximum Gasteiger partial charge on any atom is 0.170 e. The Labute approximate surface area is 141 Å². The molecule has 1 atom stereocenters. The van der Waals surface area contributed by atoms with Crippen LogP contribution >= 0.6 is 23.2 Å². The van der Waals surface area contributed by atoms with E-state index in [-0.39, 0.29) is 21.2 Å². The van der Waals surface area contributed by atoms with Crippen LogP contribution in [-0.2, 0) is 0 Å². The second-order valence-corrected chi connectivity index (χ2v) is 8.14. The number of rotatable bonds is 4. The highest BCUT2D eigenvalue weighted by Crippen LogP contribution is 2.39. The minimum absolute atomic E-state index is 0.0424. The van der Waals surface area contributed by atoms with Crippen molar-refractivity contribution in [1.82, 2.24) is 5.32 Å². The molecular formula is C17H22Cl2FNO. The molecule has 22 heavy (non-hydrogen) atoms. The molecule has 0 amide bonds. The zero-order valence-corrected chi connectivity index (χ0v) is 14.7. The third-order valence-electron chi connectivity index (χ3n) is 4.32. The van der Waals surface area contributed by atoms with Crippen LogP contribution in [0.4, 0.5) is 4.39 Å². The van der Waals surface area contributed by atoms with Gasteiger partial charge in [-0.25, -0.2) is 4.39 Å². The molecule has 5 heteroatoms. The molecule has 0 aliphatic carbocycles. The van der Waals surface area contributed by atoms with Gasteiger partial charge in [0.05, 0.1) is 10.0 Å². The van der Waals surface area contributed by atoms with E-state index in [4.69, 9.17) is 23.2 Å². The zero-order chi connectivity index (χ0) is 16.5. The van der Waals surface area contributed by atoms with Gasteiger partial charge in [0, 0.05) is 17.5 Å². The number of nitrogens with one attached hydrogen (secondary N) is 1. The summed E-state index contributed by atoms with van der Waals surface area (Å²) in [4.78, 5) is 13.0. The number of halogens is 3. The summed E-state index contributed by atoms with van der Waals surface area (Å²) in [5, 5.41) is 3.22. The fraction of sp³-hybridized carbons (Fsp3) is 0.588. The van der Waals surface area contributed by atoms with Crippen LogP contribution < -0.4 is 5.32 Å². The highest BCUT2D eigenvalue weighted by Gasteiger charge is 2.42. The predicted octanol–water partition coefficient (Wildman–Crippen LogP) is 5.12. The quantitative estimate of drug-likeness (QED) is 0.605. The van der Waals surface area contributed by atoms with Gasteiger partial charge in [-0.05, 0) is 43.4 Å². The Morgan fingerprint density at radius 3 is 2.55 bits per heavy atom. The van der Waals surface area contributed by atoms with Gasteiger partial charge in [0.2, 0.25) is 0 Å². The largest absolute Gasteiger partial charge is 0.316 e. The molecule has 0 bridgehead atoms. The van der Waals surface area contributed by atoms with Gasteiger partial charge in [0.25, 0.3) is 0 Å². The van der Waals surface area contributed by atoms with E-state index < -0.39 is 11.2 Å². The fourth-order valence-corrected chi connectivity index (χ4v) is 3.19. The number of carbonyl (C=O) groups is 1. The van der Waals surface area contributed by atoms with Crippen LogP contribution in [0.2, 0.25) is 10.0 Å². The molecule has 2 rings (SSSR count). The first kappa shape index (κ1) is 17.7. The lowest BCUT2D eigenvalue weighted by Gasteiger charge is -2.30. The minimum Gasteiger partial charge on any atom is -0.316 e. The summed E-state index contributed by atoms with van der Waals surface area (Å²) in [6.07, 6.45) is 2.48. The maximum atomic E-state index is 13.8. The van der Waals surface area contributed by atoms with Crippen LogP contribution in [0.25, 0.3) is 0 Å². The molecule has 122 valence electrons. The summed E-state index contributed by atoms with van der Waals surface area (Å²) < 4.78 is 13.8. The Kier molecular flexibility index (Phi) is 5.20. The highest BCUT2D eigenvalue weighted by molar-refractivity contribution is 6.42. The van der Waals surface area contributed by atoms with Crippen molar-refractivity contribution >= 4 is 29.0 Å². The molecular weight excluding hydrogens is 324 g/mol. The molecule has 0 spiro atoms. The summed E-state index contributed by atoms with van der Waals surface area (Å²) in [6.45, 7) is 7.91. The topological polar surface area (TPSA) is 29.1 Å². The van der Waals surface area contributed by atoms with E-state index in [2.05, 4.69) is 26.1 Å². The number of hydrogen-bond acceptors (Lipinski definition) is 2. The van der Waals surface area contributed by atoms with Gasteiger partial charge < -0.3 is 5.32 Å². The van der Waals surface area contributed by atoms with Gasteiger partial charge in [-0.15, -0.1) is 0 Å². The summed E-state index contributed by atoms with van der Waals surface area (Å²) >= 11 is 11.7. The summed E-state index contributed by atoms with van der Waals surface area (Å²) in [7, 11) is 0. The molecule has 1 aliphatic heterocycles. The Balaban J connectivity index is 2.31. The molecule has 1 saturated heterocycles. The number of hydrogen-bond donors (Lipinski definition) is 1. The molecule has 1 aromatic rings. The van der Waals surface area contributed by atoms with E-state index in [1.54, 1.807) is 0 Å². The van der Waals surface area contributed by atoms with Crippen molar-refractivity contribution in [2.75, 3.05) is 13.1 Å². The molecule has 1 heterocycles. The van der Waals surface area contributed by atoms with Gasteiger partial charge >= 0.3 is 0 Å². The van der Waals surface area contributed by atoms with Crippen molar-refractivity contribution in [3.8, 4) is 0 Å². The number of Topliss-reactive ketones (excluding diaryl/α,β-unsaturated/α-hetero) is 1. The van der Waals surface area contributed by atoms with Crippen molar-refractivity contribution < 1.29 is 9.18 Å². The van der Waals surface area contributed by atoms with E-state index in [0.29, 0.717) is 12.1 Å². The van der Waals surface area contributed by atoms with Crippen LogP contribution in [0.3, 0.4) is 0 Å². The van der Waals surface area contributed by atoms with Crippen molar-refractivity contribution in [3.63, 3.8) is 0 Å². The van der Waals surface area contributed by atoms with E-state index in [9.17, 15) is 9.18 Å². The second-order valence-electron chi connectivity index (χ2n) is 7.35. The van der Waals surface area contributed by atoms with E-state index in [1.807, 2.05) is 0 Å². The Bertz CT molecular complexity index is 552. The van der Waals surface area contributed by atoms with Crippen molar-refractivity contribution in [1.29, 1.82) is 0 Å². The smallest absolute Gasteiger partial charge is 0.170 e. The molecule has 0 radical (unpaired) electrons. The van der Waals surface area contributed by atoms with Crippen molar-refractivity contribution in [2.24, 2.45) is 10.8 Å². The lowest BCUT2D eigenvalue weighted by Crippen LogP contribution is -2.34. The van der Waals surface area contributed by atoms with Crippen LogP contribution in [0.5, 0.6) is 0 Å². The number of ketones is 1. The van der Waals surface area contributed by atoms with Gasteiger partial charge in [-0.1, -0.05) is 44.0 Å². The summed E-state index contributed by atoms with van der Waals surface area (Å²) in [6, 6.07) is 2.68. The Morgan fingerprint density at radius 2 is 2.05 bits per heavy atom. The first-order chi connectivity index (χ1) is 10.1. The van der Waals surface area contributed by atoms with Crippen LogP contribution in [0.1, 0.15) is 50.4 Å². The Hall–Kier alpha value is -0.640. The monoisotopic (exact) mass is 345 g/mol. The molecule has 1 N–H and O–H groups in total. The minimum atomic E-state index is -0.644. The third-order valence-corrected chi connectivity index (χ3v) is 5.10. The van der Waals surface area contributed by atoms with Gasteiger partial charge in [0.1, 0.15) is 5.82 Å². The Morgan fingerprint density at radius 1 is 1.36 bits per heavy atom. The lowest BCUT2D eigenvalue weighted by molar-refractivity contribution is 0.0783. The second kappa shape index (κ2) is 6.46. The predicted molar refractivity (Wildman–Crippen MR) is 89.4 cm³/mol. The standard InChI is InChI=1S/C17H22Cl2FNO/c1-16(2,3)4-5-17(6-7-21-10-17)15(22)11-8-12(18)14(19)13(20)9-11/h8-9,21H,4-7,10H2,1-3H3. The first-order valence-corrected chi connectivity index (χ1v) is 8.30. The third kappa shape index (κ3) is 3.81. The SMILES string of the molecule is CC(C)(C)CCC1(C(=O)c2cc(F)c(Cl)c(Cl)c2)CCNC1. The molecule has 1 fully saturated rings. The van der Waals surface area contributed by atoms with E-state index in [1.165, 1.54) is 12.1 Å². The normalized spacial score (nSPS) is 22.1. The van der Waals surface area contributed by atoms with Gasteiger partial charge in [-0.3, -0.25) is 4.79 Å². The van der Waals surface area contributed by atoms with E-state index >= 15 is 0 Å². The lowest BCUT2D eigenvalue weighted by atomic mass is 9.72. The molecule has 0 aromatic heterocycles. The first-order valence-electron chi connectivity index (χ1n) is 7.55. The summed E-state index contributed by atoms with van der Waals surface area (Å²) in [5.41, 5.74) is -0.0140. The molecule has 1 unspecified atom stereocenters. The van der Waals surface area contributed by atoms with Crippen LogP contribution in [0, 0.1) is 16.6 Å². The van der Waals surface area contributed by atoms with Crippen LogP contribution in [0.15, 0.2) is 12.1 Å². The fourth-order valence-electron chi connectivity index (χ4n) is 2.87. The van der Waals surface area contributed by atoms with Gasteiger partial charge in [0.15, 0.2) is 5.78 Å². The number of benzene rings is 1. The maximum absolute atomic E-state index is 13.8. The zero-order valence-electron chi connectivity index (χ0n) is 13.2. The van der Waals surface area contributed by atoms with Gasteiger partial charge in [-0.2, -0.15) is 0 Å². The van der Waals surface area contributed by atoms with Crippen molar-refractivity contribution in [2.45, 2.75) is 40.0 Å². The molecule has 1 aliphatic rings. The van der Waals surface area contributed by atoms with Crippen LogP contribution in [-0.4, -0.2) is 18.9 Å². The molecule has 1 aromatic carbocycles.